The van der Waals surface area contributed by atoms with Gasteiger partial charge in [0, 0.05) is 12.0 Å². The Balaban J connectivity index is 2.08. The molecule has 2 heterocycles. The van der Waals surface area contributed by atoms with Crippen molar-refractivity contribution in [3.8, 4) is 0 Å². The van der Waals surface area contributed by atoms with Crippen molar-refractivity contribution in [1.29, 1.82) is 0 Å². The van der Waals surface area contributed by atoms with E-state index in [1.807, 2.05) is 28.9 Å². The molecule has 2 aliphatic rings. The first-order chi connectivity index (χ1) is 5.81. The highest BCUT2D eigenvalue weighted by Crippen LogP contribution is 2.36. The Morgan fingerprint density at radius 1 is 1.83 bits per heavy atom. The van der Waals surface area contributed by atoms with E-state index >= 15 is 0 Å². The summed E-state index contributed by atoms with van der Waals surface area (Å²) < 4.78 is 0. The van der Waals surface area contributed by atoms with Crippen LogP contribution in [0.5, 0.6) is 0 Å². The molecule has 1 unspecified atom stereocenters. The van der Waals surface area contributed by atoms with E-state index in [9.17, 15) is 4.79 Å². The number of allylic oxidation sites excluding steroid dienone is 1. The van der Waals surface area contributed by atoms with E-state index in [0.29, 0.717) is 5.37 Å². The molecule has 64 valence electrons. The Hall–Kier alpha value is -0.700. The van der Waals surface area contributed by atoms with Gasteiger partial charge in [-0.1, -0.05) is 6.08 Å². The van der Waals surface area contributed by atoms with Crippen LogP contribution in [0, 0.1) is 0 Å². The molecule has 2 aliphatic heterocycles. The van der Waals surface area contributed by atoms with Crippen LogP contribution in [0.2, 0.25) is 0 Å². The predicted molar refractivity (Wildman–Crippen MR) is 50.6 cm³/mol. The van der Waals surface area contributed by atoms with Crippen molar-refractivity contribution in [3.63, 3.8) is 0 Å². The zero-order chi connectivity index (χ0) is 8.55. The second-order valence-corrected chi connectivity index (χ2v) is 4.22. The van der Waals surface area contributed by atoms with Crippen LogP contribution in [0.4, 0.5) is 0 Å². The van der Waals surface area contributed by atoms with Crippen molar-refractivity contribution in [3.05, 3.63) is 24.4 Å². The Kier molecular flexibility index (Phi) is 1.97. The molecular weight excluding hydrogens is 170 g/mol. The number of amides is 1. The molecule has 0 bridgehead atoms. The first kappa shape index (κ1) is 7.92. The van der Waals surface area contributed by atoms with Gasteiger partial charge in [0.15, 0.2) is 0 Å². The minimum absolute atomic E-state index is 0.258. The van der Waals surface area contributed by atoms with Crippen LogP contribution in [-0.2, 0) is 4.79 Å². The first-order valence-electron chi connectivity index (χ1n) is 4.04. The van der Waals surface area contributed by atoms with E-state index in [0.717, 1.165) is 18.6 Å². The Labute approximate surface area is 76.3 Å². The SMILES string of the molecule is C=CCC1=CN2C(=O)CC2SC1. The van der Waals surface area contributed by atoms with Crippen molar-refractivity contribution >= 4 is 17.7 Å². The van der Waals surface area contributed by atoms with Crippen molar-refractivity contribution in [2.24, 2.45) is 0 Å². The molecule has 2 rings (SSSR count). The lowest BCUT2D eigenvalue weighted by atomic mass is 10.1. The molecule has 0 saturated carbocycles. The summed E-state index contributed by atoms with van der Waals surface area (Å²) in [6.07, 6.45) is 5.51. The van der Waals surface area contributed by atoms with E-state index in [2.05, 4.69) is 6.58 Å². The number of β-lactam (4-membered cyclic amide) rings is 1. The summed E-state index contributed by atoms with van der Waals surface area (Å²) in [5, 5.41) is 0.436. The molecule has 1 amide bonds. The number of nitrogens with zero attached hydrogens (tertiary/aromatic N) is 1. The minimum atomic E-state index is 0.258. The predicted octanol–water partition coefficient (Wildman–Crippen LogP) is 1.75. The molecule has 0 aliphatic carbocycles. The minimum Gasteiger partial charge on any atom is -0.306 e. The maximum absolute atomic E-state index is 11.1. The summed E-state index contributed by atoms with van der Waals surface area (Å²) in [5.74, 6) is 1.31. The summed E-state index contributed by atoms with van der Waals surface area (Å²) in [7, 11) is 0. The van der Waals surface area contributed by atoms with Crippen molar-refractivity contribution in [1.82, 2.24) is 4.90 Å². The summed E-state index contributed by atoms with van der Waals surface area (Å²) in [4.78, 5) is 12.9. The fourth-order valence-electron chi connectivity index (χ4n) is 1.43. The van der Waals surface area contributed by atoms with Crippen molar-refractivity contribution < 1.29 is 4.79 Å². The molecule has 0 aromatic rings. The highest BCUT2D eigenvalue weighted by atomic mass is 32.2. The van der Waals surface area contributed by atoms with Gasteiger partial charge in [-0.3, -0.25) is 4.79 Å². The first-order valence-corrected chi connectivity index (χ1v) is 5.09. The van der Waals surface area contributed by atoms with E-state index in [1.165, 1.54) is 5.57 Å². The summed E-state index contributed by atoms with van der Waals surface area (Å²) >= 11 is 1.85. The third kappa shape index (κ3) is 1.18. The summed E-state index contributed by atoms with van der Waals surface area (Å²) in [5.41, 5.74) is 1.30. The molecule has 0 aromatic heterocycles. The average Bonchev–Trinajstić information content (AvgIpc) is 2.07. The average molecular weight is 181 g/mol. The lowest BCUT2D eigenvalue weighted by molar-refractivity contribution is -0.137. The molecule has 0 radical (unpaired) electrons. The molecule has 12 heavy (non-hydrogen) atoms. The van der Waals surface area contributed by atoms with E-state index in [4.69, 9.17) is 0 Å². The maximum atomic E-state index is 11.1. The van der Waals surface area contributed by atoms with Crippen LogP contribution < -0.4 is 0 Å². The Morgan fingerprint density at radius 3 is 3.33 bits per heavy atom. The van der Waals surface area contributed by atoms with Crippen molar-refractivity contribution in [2.75, 3.05) is 5.75 Å². The van der Waals surface area contributed by atoms with Crippen LogP contribution in [0.1, 0.15) is 12.8 Å². The zero-order valence-electron chi connectivity index (χ0n) is 6.82. The van der Waals surface area contributed by atoms with Gasteiger partial charge in [-0.15, -0.1) is 18.3 Å². The molecule has 1 saturated heterocycles. The molecule has 0 aromatic carbocycles. The monoisotopic (exact) mass is 181 g/mol. The second kappa shape index (κ2) is 2.98. The molecule has 1 atom stereocenters. The van der Waals surface area contributed by atoms with Gasteiger partial charge in [-0.25, -0.2) is 0 Å². The van der Waals surface area contributed by atoms with Gasteiger partial charge < -0.3 is 4.90 Å². The van der Waals surface area contributed by atoms with Crippen molar-refractivity contribution in [2.45, 2.75) is 18.2 Å². The van der Waals surface area contributed by atoms with Gasteiger partial charge in [-0.05, 0) is 12.0 Å². The lowest BCUT2D eigenvalue weighted by Gasteiger charge is -2.41. The number of fused-ring (bicyclic) bond motifs is 1. The van der Waals surface area contributed by atoms with Crippen LogP contribution in [-0.4, -0.2) is 21.9 Å². The molecular formula is C9H11NOS. The van der Waals surface area contributed by atoms with Gasteiger partial charge >= 0.3 is 0 Å². The molecule has 0 spiro atoms. The van der Waals surface area contributed by atoms with E-state index < -0.39 is 0 Å². The highest BCUT2D eigenvalue weighted by molar-refractivity contribution is 8.00. The maximum Gasteiger partial charge on any atom is 0.230 e. The third-order valence-corrected chi connectivity index (χ3v) is 3.45. The van der Waals surface area contributed by atoms with Gasteiger partial charge in [0.1, 0.15) is 0 Å². The van der Waals surface area contributed by atoms with Crippen LogP contribution in [0.25, 0.3) is 0 Å². The van der Waals surface area contributed by atoms with Crippen LogP contribution in [0.15, 0.2) is 24.4 Å². The fourth-order valence-corrected chi connectivity index (χ4v) is 2.63. The smallest absolute Gasteiger partial charge is 0.230 e. The Morgan fingerprint density at radius 2 is 2.67 bits per heavy atom. The largest absolute Gasteiger partial charge is 0.306 e. The number of hydrogen-bond donors (Lipinski definition) is 0. The van der Waals surface area contributed by atoms with Gasteiger partial charge in [0.25, 0.3) is 0 Å². The summed E-state index contributed by atoms with van der Waals surface area (Å²) in [6.45, 7) is 3.68. The van der Waals surface area contributed by atoms with Gasteiger partial charge in [0.2, 0.25) is 5.91 Å². The van der Waals surface area contributed by atoms with E-state index in [-0.39, 0.29) is 5.91 Å². The molecule has 2 nitrogen and oxygen atoms in total. The molecule has 3 heteroatoms. The van der Waals surface area contributed by atoms with E-state index in [1.54, 1.807) is 0 Å². The third-order valence-electron chi connectivity index (χ3n) is 2.14. The number of thioether (sulfide) groups is 1. The molecule has 1 fully saturated rings. The quantitative estimate of drug-likeness (QED) is 0.478. The topological polar surface area (TPSA) is 20.3 Å². The summed E-state index contributed by atoms with van der Waals surface area (Å²) in [6, 6.07) is 0. The van der Waals surface area contributed by atoms with Gasteiger partial charge in [0.05, 0.1) is 11.8 Å². The highest BCUT2D eigenvalue weighted by Gasteiger charge is 2.37. The number of carbonyl (C=O) groups excluding carboxylic acids is 1. The zero-order valence-corrected chi connectivity index (χ0v) is 7.64. The number of carbonyl (C=O) groups is 1. The second-order valence-electron chi connectivity index (χ2n) is 3.05. The normalized spacial score (nSPS) is 27.3. The van der Waals surface area contributed by atoms with Crippen LogP contribution >= 0.6 is 11.8 Å². The van der Waals surface area contributed by atoms with Crippen LogP contribution in [0.3, 0.4) is 0 Å². The Bertz CT molecular complexity index is 259. The fraction of sp³-hybridized carbons (Fsp3) is 0.444. The number of hydrogen-bond acceptors (Lipinski definition) is 2. The van der Waals surface area contributed by atoms with Gasteiger partial charge in [-0.2, -0.15) is 0 Å². The standard InChI is InChI=1S/C9H11NOS/c1-2-3-7-5-10-8(11)4-9(10)12-6-7/h2,5,9H,1,3-4,6H2. The number of rotatable bonds is 2. The molecule has 0 N–H and O–H groups in total. The lowest BCUT2D eigenvalue weighted by Crippen LogP contribution is -2.49.